The fourth-order valence-electron chi connectivity index (χ4n) is 4.20. The summed E-state index contributed by atoms with van der Waals surface area (Å²) in [4.78, 5) is 25.7. The lowest BCUT2D eigenvalue weighted by Crippen LogP contribution is -2.42. The Kier molecular flexibility index (Phi) is 7.65. The normalized spacial score (nSPS) is 12.2. The molecule has 0 radical (unpaired) electrons. The Morgan fingerprint density at radius 1 is 0.906 bits per heavy atom. The Labute approximate surface area is 191 Å². The van der Waals surface area contributed by atoms with Gasteiger partial charge in [-0.25, -0.2) is 0 Å². The molecule has 1 unspecified atom stereocenters. The van der Waals surface area contributed by atoms with Crippen molar-refractivity contribution in [3.05, 3.63) is 95.6 Å². The van der Waals surface area contributed by atoms with Gasteiger partial charge in [-0.15, -0.1) is 0 Å². The molecule has 32 heavy (non-hydrogen) atoms. The van der Waals surface area contributed by atoms with E-state index in [0.717, 1.165) is 22.9 Å². The molecule has 0 aliphatic heterocycles. The molecule has 2 N–H and O–H groups in total. The second kappa shape index (κ2) is 10.4. The van der Waals surface area contributed by atoms with Crippen molar-refractivity contribution in [2.24, 2.45) is 5.73 Å². The number of ketones is 1. The van der Waals surface area contributed by atoms with Crippen LogP contribution in [0.1, 0.15) is 29.0 Å². The third kappa shape index (κ3) is 5.54. The Bertz CT molecular complexity index is 1080. The van der Waals surface area contributed by atoms with Crippen LogP contribution in [0, 0.1) is 0 Å². The van der Waals surface area contributed by atoms with Crippen LogP contribution in [0.4, 0.5) is 0 Å². The minimum atomic E-state index is -1.96. The van der Waals surface area contributed by atoms with Gasteiger partial charge in [0.25, 0.3) is 0 Å². The molecule has 0 fully saturated rings. The van der Waals surface area contributed by atoms with Crippen LogP contribution in [0.3, 0.4) is 0 Å². The topological polar surface area (TPSA) is 69.4 Å². The van der Waals surface area contributed by atoms with E-state index in [1.807, 2.05) is 72.8 Å². The van der Waals surface area contributed by atoms with E-state index < -0.39 is 19.9 Å². The van der Waals surface area contributed by atoms with Crippen molar-refractivity contribution >= 4 is 25.0 Å². The largest absolute Gasteiger partial charge is 0.497 e. The van der Waals surface area contributed by atoms with Crippen molar-refractivity contribution in [2.75, 3.05) is 7.11 Å². The van der Waals surface area contributed by atoms with Gasteiger partial charge < -0.3 is 10.5 Å². The number of amides is 1. The van der Waals surface area contributed by atoms with Gasteiger partial charge in [-0.3, -0.25) is 9.59 Å². The number of benzene rings is 3. The third-order valence-electron chi connectivity index (χ3n) is 6.04. The van der Waals surface area contributed by atoms with E-state index >= 15 is 0 Å². The molecule has 0 saturated carbocycles. The number of hydrogen-bond donors (Lipinski definition) is 1. The summed E-state index contributed by atoms with van der Waals surface area (Å²) < 4.78 is 5.54. The molecule has 1 atom stereocenters. The highest BCUT2D eigenvalue weighted by molar-refractivity contribution is 6.90. The molecule has 0 aliphatic rings. The van der Waals surface area contributed by atoms with E-state index in [4.69, 9.17) is 10.5 Å². The molecular formula is C27H31NO3Si. The minimum absolute atomic E-state index is 0.117. The molecule has 3 rings (SSSR count). The molecule has 0 heterocycles. The number of nitrogens with two attached hydrogens (primary N) is 1. The van der Waals surface area contributed by atoms with Crippen LogP contribution in [0.2, 0.25) is 19.1 Å². The van der Waals surface area contributed by atoms with Gasteiger partial charge in [0.1, 0.15) is 17.5 Å². The average Bonchev–Trinajstić information content (AvgIpc) is 2.79. The third-order valence-corrected chi connectivity index (χ3v) is 9.41. The first-order valence-electron chi connectivity index (χ1n) is 10.9. The summed E-state index contributed by atoms with van der Waals surface area (Å²) in [6.45, 7) is 4.45. The average molecular weight is 446 g/mol. The van der Waals surface area contributed by atoms with Crippen molar-refractivity contribution < 1.29 is 14.3 Å². The van der Waals surface area contributed by atoms with Crippen molar-refractivity contribution in [3.8, 4) is 5.75 Å². The Morgan fingerprint density at radius 2 is 1.53 bits per heavy atom. The summed E-state index contributed by atoms with van der Waals surface area (Å²) in [6, 6.07) is 26.3. The Balaban J connectivity index is 1.82. The van der Waals surface area contributed by atoms with Gasteiger partial charge in [-0.05, 0) is 40.4 Å². The first-order chi connectivity index (χ1) is 15.3. The number of primary amides is 1. The maximum absolute atomic E-state index is 13.3. The Hall–Kier alpha value is -3.18. The van der Waals surface area contributed by atoms with Crippen molar-refractivity contribution in [1.82, 2.24) is 0 Å². The highest BCUT2D eigenvalue weighted by Gasteiger charge is 2.32. The van der Waals surface area contributed by atoms with Gasteiger partial charge in [0.15, 0.2) is 0 Å². The summed E-state index contributed by atoms with van der Waals surface area (Å²) in [5.41, 5.74) is 8.55. The van der Waals surface area contributed by atoms with Crippen molar-refractivity contribution in [1.29, 1.82) is 0 Å². The number of ether oxygens (including phenoxy) is 1. The van der Waals surface area contributed by atoms with Crippen LogP contribution in [-0.4, -0.2) is 26.9 Å². The molecule has 166 valence electrons. The highest BCUT2D eigenvalue weighted by Crippen LogP contribution is 2.27. The van der Waals surface area contributed by atoms with Crippen LogP contribution < -0.4 is 15.7 Å². The Morgan fingerprint density at radius 3 is 2.22 bits per heavy atom. The SMILES string of the molecule is COc1ccccc1[Si](C)(C)CCC(=O)C(C(N)=O)c1ccccc1Cc1ccccc1. The second-order valence-electron chi connectivity index (χ2n) is 8.75. The van der Waals surface area contributed by atoms with Crippen LogP contribution in [0.5, 0.6) is 5.75 Å². The lowest BCUT2D eigenvalue weighted by molar-refractivity contribution is -0.128. The zero-order chi connectivity index (χ0) is 23.1. The summed E-state index contributed by atoms with van der Waals surface area (Å²) in [5, 5.41) is 1.18. The van der Waals surface area contributed by atoms with Crippen molar-refractivity contribution in [3.63, 3.8) is 0 Å². The highest BCUT2D eigenvalue weighted by atomic mass is 28.3. The zero-order valence-electron chi connectivity index (χ0n) is 19.0. The summed E-state index contributed by atoms with van der Waals surface area (Å²) in [5.74, 6) is -0.783. The van der Waals surface area contributed by atoms with Gasteiger partial charge in [0.05, 0.1) is 15.2 Å². The molecule has 0 bridgehead atoms. The van der Waals surface area contributed by atoms with Crippen LogP contribution >= 0.6 is 0 Å². The molecule has 1 amide bonds. The molecule has 0 aromatic heterocycles. The van der Waals surface area contributed by atoms with Gasteiger partial charge in [-0.1, -0.05) is 85.9 Å². The fourth-order valence-corrected chi connectivity index (χ4v) is 6.74. The van der Waals surface area contributed by atoms with Gasteiger partial charge in [0, 0.05) is 6.42 Å². The monoisotopic (exact) mass is 445 g/mol. The van der Waals surface area contributed by atoms with E-state index in [9.17, 15) is 9.59 Å². The smallest absolute Gasteiger partial charge is 0.232 e. The summed E-state index contributed by atoms with van der Waals surface area (Å²) in [6.07, 6.45) is 0.958. The first-order valence-corrected chi connectivity index (χ1v) is 14.1. The fraction of sp³-hybridized carbons (Fsp3) is 0.259. The summed E-state index contributed by atoms with van der Waals surface area (Å²) in [7, 11) is -0.294. The molecule has 4 nitrogen and oxygen atoms in total. The summed E-state index contributed by atoms with van der Waals surface area (Å²) >= 11 is 0. The molecule has 3 aromatic carbocycles. The lowest BCUT2D eigenvalue weighted by Gasteiger charge is -2.25. The van der Waals surface area contributed by atoms with E-state index in [1.165, 1.54) is 5.19 Å². The number of hydrogen-bond acceptors (Lipinski definition) is 3. The maximum Gasteiger partial charge on any atom is 0.232 e. The molecule has 0 aliphatic carbocycles. The standard InChI is InChI=1S/C27H31NO3Si/c1-31-24-15-9-10-16-25(24)32(2,3)18-17-23(29)26(27(28)30)22-14-8-7-13-21(22)19-20-11-5-4-6-12-20/h4-16,26H,17-19H2,1-3H3,(H2,28,30). The van der Waals surface area contributed by atoms with Gasteiger partial charge in [0.2, 0.25) is 5.91 Å². The second-order valence-corrected chi connectivity index (χ2v) is 13.6. The van der Waals surface area contributed by atoms with Crippen LogP contribution in [-0.2, 0) is 16.0 Å². The number of rotatable bonds is 10. The zero-order valence-corrected chi connectivity index (χ0v) is 20.0. The van der Waals surface area contributed by atoms with E-state index in [1.54, 1.807) is 7.11 Å². The molecule has 0 saturated heterocycles. The van der Waals surface area contributed by atoms with E-state index in [-0.39, 0.29) is 5.78 Å². The van der Waals surface area contributed by atoms with Gasteiger partial charge in [-0.2, -0.15) is 0 Å². The lowest BCUT2D eigenvalue weighted by atomic mass is 9.87. The number of carbonyl (C=O) groups is 2. The molecule has 3 aromatic rings. The number of carbonyl (C=O) groups excluding carboxylic acids is 2. The molecule has 0 spiro atoms. The minimum Gasteiger partial charge on any atom is -0.497 e. The molecular weight excluding hydrogens is 414 g/mol. The molecule has 5 heteroatoms. The predicted molar refractivity (Wildman–Crippen MR) is 132 cm³/mol. The van der Waals surface area contributed by atoms with Crippen LogP contribution in [0.15, 0.2) is 78.9 Å². The number of para-hydroxylation sites is 1. The van der Waals surface area contributed by atoms with E-state index in [0.29, 0.717) is 18.4 Å². The quantitative estimate of drug-likeness (QED) is 0.371. The maximum atomic E-state index is 13.3. The predicted octanol–water partition coefficient (Wildman–Crippen LogP) is 4.43. The van der Waals surface area contributed by atoms with Gasteiger partial charge >= 0.3 is 0 Å². The number of Topliss-reactive ketones (excluding diaryl/α,β-unsaturated/α-hetero) is 1. The van der Waals surface area contributed by atoms with Crippen molar-refractivity contribution in [2.45, 2.75) is 37.9 Å². The van der Waals surface area contributed by atoms with E-state index in [2.05, 4.69) is 19.2 Å². The number of methoxy groups -OCH3 is 1. The van der Waals surface area contributed by atoms with Crippen LogP contribution in [0.25, 0.3) is 0 Å². The first kappa shape index (κ1) is 23.5.